The van der Waals surface area contributed by atoms with Crippen molar-refractivity contribution in [3.05, 3.63) is 182 Å². The maximum Gasteiger partial charge on any atom is 0.472 e. The summed E-state index contributed by atoms with van der Waals surface area (Å²) >= 11 is 0. The van der Waals surface area contributed by atoms with Crippen LogP contribution in [-0.2, 0) is 55.8 Å². The molecule has 16 nitrogen and oxygen atoms in total. The molecule has 0 aromatic heterocycles. The van der Waals surface area contributed by atoms with Crippen molar-refractivity contribution in [1.29, 1.82) is 0 Å². The molecule has 0 radical (unpaired) electrons. The van der Waals surface area contributed by atoms with Crippen LogP contribution in [0.5, 0.6) is 0 Å². The lowest BCUT2D eigenvalue weighted by Crippen LogP contribution is -2.30. The molecule has 5 unspecified atom stereocenters. The predicted octanol–water partition coefficient (Wildman–Crippen LogP) is 30.0. The van der Waals surface area contributed by atoms with Gasteiger partial charge in [0.15, 0.2) is 6.10 Å². The second kappa shape index (κ2) is 93.8. The zero-order valence-corrected chi connectivity index (χ0v) is 78.2. The lowest BCUT2D eigenvalue weighted by atomic mass is 10.0. The summed E-state index contributed by atoms with van der Waals surface area (Å²) in [6.45, 7) is 2.42. The Labute approximate surface area is 738 Å². The molecule has 121 heavy (non-hydrogen) atoms. The number of rotatable bonds is 90. The smallest absolute Gasteiger partial charge is 0.463 e. The van der Waals surface area contributed by atoms with Crippen LogP contribution >= 0.6 is 15.6 Å². The molecule has 0 aliphatic heterocycles. The molecule has 4 N–H and O–H groups in total. The number of aliphatic hydroxyl groups is 2. The van der Waals surface area contributed by atoms with Crippen molar-refractivity contribution in [3.63, 3.8) is 0 Å². The Balaban J connectivity index is 4.53. The monoisotopic (exact) mass is 1730 g/mol. The van der Waals surface area contributed by atoms with Crippen molar-refractivity contribution in [1.82, 2.24) is 0 Å². The normalized spacial score (nSPS) is 14.5. The van der Waals surface area contributed by atoms with Crippen LogP contribution in [-0.4, -0.2) is 95.9 Å². The van der Waals surface area contributed by atoms with Gasteiger partial charge >= 0.3 is 33.6 Å². The summed E-state index contributed by atoms with van der Waals surface area (Å²) in [6.07, 6.45) is 124. The standard InChI is InChI=1S/C103H174O16P2/c1-4-7-10-13-16-19-22-25-28-31-34-36-38-40-42-44-46-47-48-49-51-53-54-56-58-60-63-65-68-71-74-77-80-83-86-89-101(106)113-92-98(104)93-115-120(109,110)116-94-99(105)95-117-121(111,112)118-97-100(119-103(108)91-88-85-82-79-76-73-70-67-62-33-30-27-24-21-18-15-12-9-6-3)96-114-102(107)90-87-84-81-78-75-72-69-66-64-61-59-57-55-52-50-45-43-41-39-37-35-32-29-26-23-20-17-14-11-8-5-2/h8-9,11-12,16-21,25-30,34-37,40-43,50,52,62,67,73,76,98-100,104-105H,4-7,10,13-15,22-24,31-33,38-39,44-49,51,53-61,63-66,68-72,74-75,77-97H2,1-3H3,(H,109,110)(H,111,112)/b11-8-,12-9-,19-16-,20-17-,21-18-,28-25-,29-26-,30-27-,36-34-,37-35-,42-40-,43-41-,52-50-,67-62-,76-73-. The third-order valence-corrected chi connectivity index (χ3v) is 22.0. The molecule has 0 saturated carbocycles. The molecule has 0 bridgehead atoms. The van der Waals surface area contributed by atoms with E-state index < -0.39 is 91.5 Å². The number of ether oxygens (including phenoxy) is 3. The van der Waals surface area contributed by atoms with Gasteiger partial charge in [0.25, 0.3) is 0 Å². The molecule has 0 amide bonds. The molecule has 0 saturated heterocycles. The summed E-state index contributed by atoms with van der Waals surface area (Å²) in [5.41, 5.74) is 0. The zero-order valence-electron chi connectivity index (χ0n) is 76.4. The molecule has 18 heteroatoms. The van der Waals surface area contributed by atoms with Crippen LogP contribution in [0.25, 0.3) is 0 Å². The first-order valence-corrected chi connectivity index (χ1v) is 51.1. The fourth-order valence-corrected chi connectivity index (χ4v) is 14.5. The third kappa shape index (κ3) is 95.2. The number of aliphatic hydroxyl groups excluding tert-OH is 2. The van der Waals surface area contributed by atoms with Gasteiger partial charge in [-0.05, 0) is 161 Å². The number of hydrogen-bond donors (Lipinski definition) is 4. The first-order valence-electron chi connectivity index (χ1n) is 48.1. The third-order valence-electron chi connectivity index (χ3n) is 20.1. The molecule has 5 atom stereocenters. The summed E-state index contributed by atoms with van der Waals surface area (Å²) in [5, 5.41) is 20.8. The quantitative estimate of drug-likeness (QED) is 0.0146. The fraction of sp³-hybridized carbons (Fsp3) is 0.680. The molecular formula is C103H174O16P2. The van der Waals surface area contributed by atoms with Gasteiger partial charge in [0.1, 0.15) is 25.4 Å². The zero-order chi connectivity index (χ0) is 87.9. The number of carbonyl (C=O) groups is 3. The topological polar surface area (TPSA) is 231 Å². The van der Waals surface area contributed by atoms with Crippen LogP contribution in [0, 0.1) is 0 Å². The highest BCUT2D eigenvalue weighted by Gasteiger charge is 2.30. The number of esters is 3. The van der Waals surface area contributed by atoms with Gasteiger partial charge in [-0.25, -0.2) is 9.13 Å². The van der Waals surface area contributed by atoms with E-state index in [4.69, 9.17) is 32.3 Å². The SMILES string of the molecule is CC/C=C\C/C=C\C/C=C\C/C=C\C/C=C\C/C=C\CCCCCCCCCCCCCCC(=O)OCC(COP(=O)(O)OCC(O)COP(=O)(O)OCC(O)COC(=O)CCCCCCCCCCCCCCCCCCCCC/C=C\C/C=C\C/C=C\C/C=C\CCCCC)OC(=O)CCCCC/C=C\C/C=C\C/C=C\C/C=C\C/C=C\CC. The molecule has 0 aromatic carbocycles. The minimum atomic E-state index is -4.96. The Bertz CT molecular complexity index is 2930. The summed E-state index contributed by atoms with van der Waals surface area (Å²) < 4.78 is 61.5. The molecule has 0 rings (SSSR count). The van der Waals surface area contributed by atoms with E-state index >= 15 is 0 Å². The Hall–Kier alpha value is -5.35. The maximum absolute atomic E-state index is 13.0. The summed E-state index contributed by atoms with van der Waals surface area (Å²) in [5.74, 6) is -1.61. The van der Waals surface area contributed by atoms with Crippen LogP contribution < -0.4 is 0 Å². The van der Waals surface area contributed by atoms with E-state index in [1.165, 1.54) is 173 Å². The maximum atomic E-state index is 13.0. The first-order chi connectivity index (χ1) is 59.2. The van der Waals surface area contributed by atoms with Crippen molar-refractivity contribution in [2.24, 2.45) is 0 Å². The number of carbonyl (C=O) groups excluding carboxylic acids is 3. The average Bonchev–Trinajstić information content (AvgIpc) is 0.900. The Morgan fingerprint density at radius 1 is 0.240 bits per heavy atom. The van der Waals surface area contributed by atoms with Crippen molar-refractivity contribution >= 4 is 33.6 Å². The van der Waals surface area contributed by atoms with Gasteiger partial charge < -0.3 is 34.2 Å². The molecule has 0 fully saturated rings. The summed E-state index contributed by atoms with van der Waals surface area (Å²) in [7, 11) is -9.83. The van der Waals surface area contributed by atoms with Gasteiger partial charge in [0.2, 0.25) is 0 Å². The van der Waals surface area contributed by atoms with E-state index in [2.05, 4.69) is 203 Å². The van der Waals surface area contributed by atoms with Gasteiger partial charge in [0.05, 0.1) is 26.4 Å². The highest BCUT2D eigenvalue weighted by Crippen LogP contribution is 2.45. The van der Waals surface area contributed by atoms with Crippen molar-refractivity contribution < 1.29 is 75.8 Å². The van der Waals surface area contributed by atoms with E-state index in [0.717, 1.165) is 161 Å². The van der Waals surface area contributed by atoms with E-state index in [0.29, 0.717) is 19.3 Å². The number of phosphoric acid groups is 2. The van der Waals surface area contributed by atoms with Crippen LogP contribution in [0.2, 0.25) is 0 Å². The summed E-state index contributed by atoms with van der Waals surface area (Å²) in [6, 6.07) is 0. The van der Waals surface area contributed by atoms with E-state index in [9.17, 15) is 43.5 Å². The highest BCUT2D eigenvalue weighted by atomic mass is 31.2. The van der Waals surface area contributed by atoms with Crippen molar-refractivity contribution in [2.45, 2.75) is 411 Å². The van der Waals surface area contributed by atoms with Crippen LogP contribution in [0.3, 0.4) is 0 Å². The fourth-order valence-electron chi connectivity index (χ4n) is 12.9. The molecule has 0 aliphatic rings. The van der Waals surface area contributed by atoms with Gasteiger partial charge in [-0.1, -0.05) is 396 Å². The van der Waals surface area contributed by atoms with Crippen LogP contribution in [0.1, 0.15) is 393 Å². The molecule has 0 aliphatic carbocycles. The summed E-state index contributed by atoms with van der Waals surface area (Å²) in [4.78, 5) is 59.0. The van der Waals surface area contributed by atoms with Crippen molar-refractivity contribution in [3.8, 4) is 0 Å². The Kier molecular flexibility index (Phi) is 89.6. The molecular weight excluding hydrogens is 1560 g/mol. The first kappa shape index (κ1) is 116. The lowest BCUT2D eigenvalue weighted by molar-refractivity contribution is -0.161. The van der Waals surface area contributed by atoms with E-state index in [-0.39, 0.29) is 19.3 Å². The van der Waals surface area contributed by atoms with Crippen LogP contribution in [0.4, 0.5) is 0 Å². The largest absolute Gasteiger partial charge is 0.472 e. The van der Waals surface area contributed by atoms with E-state index in [1.807, 2.05) is 0 Å². The Morgan fingerprint density at radius 2 is 0.438 bits per heavy atom. The van der Waals surface area contributed by atoms with Crippen LogP contribution in [0.15, 0.2) is 182 Å². The highest BCUT2D eigenvalue weighted by molar-refractivity contribution is 7.47. The van der Waals surface area contributed by atoms with Gasteiger partial charge in [-0.15, -0.1) is 0 Å². The lowest BCUT2D eigenvalue weighted by Gasteiger charge is -2.21. The minimum Gasteiger partial charge on any atom is -0.463 e. The average molecular weight is 1730 g/mol. The molecule has 0 heterocycles. The second-order valence-corrected chi connectivity index (χ2v) is 34.7. The number of unbranched alkanes of at least 4 members (excludes halogenated alkanes) is 37. The van der Waals surface area contributed by atoms with Gasteiger partial charge in [-0.3, -0.25) is 32.5 Å². The van der Waals surface area contributed by atoms with E-state index in [1.54, 1.807) is 0 Å². The second-order valence-electron chi connectivity index (χ2n) is 31.8. The number of phosphoric ester groups is 2. The van der Waals surface area contributed by atoms with Gasteiger partial charge in [0, 0.05) is 19.3 Å². The molecule has 692 valence electrons. The molecule has 0 aromatic rings. The molecule has 0 spiro atoms. The number of hydrogen-bond acceptors (Lipinski definition) is 14. The van der Waals surface area contributed by atoms with Crippen molar-refractivity contribution in [2.75, 3.05) is 39.6 Å². The van der Waals surface area contributed by atoms with Gasteiger partial charge in [-0.2, -0.15) is 0 Å². The Morgan fingerprint density at radius 3 is 0.702 bits per heavy atom. The predicted molar refractivity (Wildman–Crippen MR) is 509 cm³/mol. The minimum absolute atomic E-state index is 0.0602. The number of allylic oxidation sites excluding steroid dienone is 30.